The van der Waals surface area contributed by atoms with E-state index in [-0.39, 0.29) is 28.7 Å². The third-order valence-electron chi connectivity index (χ3n) is 5.58. The van der Waals surface area contributed by atoms with Crippen LogP contribution in [0.1, 0.15) is 23.6 Å². The summed E-state index contributed by atoms with van der Waals surface area (Å²) in [6.45, 7) is 5.61. The SMILES string of the molecule is CCOc1cc(/C=C(/C#N)C(=O)Nc2cccc(C)c2C)cc(Cl)c1OCC(=O)Nc1ccc(OC)cc1. The van der Waals surface area contributed by atoms with Crippen molar-refractivity contribution in [1.29, 1.82) is 5.26 Å². The zero-order valence-corrected chi connectivity index (χ0v) is 22.3. The summed E-state index contributed by atoms with van der Waals surface area (Å²) in [7, 11) is 1.56. The van der Waals surface area contributed by atoms with Crippen molar-refractivity contribution in [2.24, 2.45) is 0 Å². The number of nitriles is 1. The Hall–Kier alpha value is -4.48. The Morgan fingerprint density at radius 3 is 2.45 bits per heavy atom. The molecule has 38 heavy (non-hydrogen) atoms. The molecule has 2 N–H and O–H groups in total. The fourth-order valence-corrected chi connectivity index (χ4v) is 3.75. The van der Waals surface area contributed by atoms with Gasteiger partial charge in [-0.3, -0.25) is 9.59 Å². The van der Waals surface area contributed by atoms with E-state index >= 15 is 0 Å². The molecule has 2 amide bonds. The van der Waals surface area contributed by atoms with Crippen molar-refractivity contribution in [3.05, 3.63) is 81.9 Å². The highest BCUT2D eigenvalue weighted by atomic mass is 35.5. The number of halogens is 1. The lowest BCUT2D eigenvalue weighted by Gasteiger charge is -2.15. The number of amides is 2. The number of benzene rings is 3. The Kier molecular flexibility index (Phi) is 9.74. The minimum absolute atomic E-state index is 0.114. The van der Waals surface area contributed by atoms with Crippen LogP contribution >= 0.6 is 11.6 Å². The maximum absolute atomic E-state index is 12.8. The first-order valence-corrected chi connectivity index (χ1v) is 12.2. The van der Waals surface area contributed by atoms with Crippen LogP contribution in [0, 0.1) is 25.2 Å². The third kappa shape index (κ3) is 7.28. The number of rotatable bonds is 10. The quantitative estimate of drug-likeness (QED) is 0.247. The Morgan fingerprint density at radius 2 is 1.79 bits per heavy atom. The third-order valence-corrected chi connectivity index (χ3v) is 5.86. The van der Waals surface area contributed by atoms with E-state index in [9.17, 15) is 14.9 Å². The molecule has 0 heterocycles. The van der Waals surface area contributed by atoms with Gasteiger partial charge in [0.25, 0.3) is 11.8 Å². The molecule has 0 aliphatic rings. The van der Waals surface area contributed by atoms with Crippen LogP contribution < -0.4 is 24.8 Å². The second-order valence-electron chi connectivity index (χ2n) is 8.20. The predicted molar refractivity (Wildman–Crippen MR) is 148 cm³/mol. The fraction of sp³-hybridized carbons (Fsp3) is 0.207. The number of nitrogens with zero attached hydrogens (tertiary/aromatic N) is 1. The van der Waals surface area contributed by atoms with Gasteiger partial charge in [0, 0.05) is 11.4 Å². The van der Waals surface area contributed by atoms with E-state index in [4.69, 9.17) is 25.8 Å². The predicted octanol–water partition coefficient (Wildman–Crippen LogP) is 5.93. The maximum Gasteiger partial charge on any atom is 0.266 e. The number of anilines is 2. The molecule has 3 rings (SSSR count). The molecule has 8 nitrogen and oxygen atoms in total. The molecule has 0 aromatic heterocycles. The van der Waals surface area contributed by atoms with Gasteiger partial charge in [-0.25, -0.2) is 0 Å². The molecule has 3 aromatic carbocycles. The van der Waals surface area contributed by atoms with E-state index in [0.29, 0.717) is 29.3 Å². The van der Waals surface area contributed by atoms with E-state index in [2.05, 4.69) is 10.6 Å². The summed E-state index contributed by atoms with van der Waals surface area (Å²) in [6.07, 6.45) is 1.41. The summed E-state index contributed by atoms with van der Waals surface area (Å²) in [4.78, 5) is 25.2. The standard InChI is InChI=1S/C29H28ClN3O5/c1-5-37-26-15-20(13-21(16-31)29(35)33-25-8-6-7-18(2)19(25)3)14-24(30)28(26)38-17-27(34)32-22-9-11-23(36-4)12-10-22/h6-15H,5,17H2,1-4H3,(H,32,34)(H,33,35)/b21-13-. The van der Waals surface area contributed by atoms with Gasteiger partial charge in [-0.2, -0.15) is 5.26 Å². The summed E-state index contributed by atoms with van der Waals surface area (Å²) in [5.74, 6) is 0.173. The first-order valence-electron chi connectivity index (χ1n) is 11.8. The minimum Gasteiger partial charge on any atom is -0.497 e. The maximum atomic E-state index is 12.8. The second-order valence-corrected chi connectivity index (χ2v) is 8.61. The van der Waals surface area contributed by atoms with Crippen molar-refractivity contribution in [2.45, 2.75) is 20.8 Å². The molecule has 0 aliphatic carbocycles. The molecule has 0 spiro atoms. The van der Waals surface area contributed by atoms with Crippen LogP contribution in [0.2, 0.25) is 5.02 Å². The van der Waals surface area contributed by atoms with Crippen molar-refractivity contribution in [3.8, 4) is 23.3 Å². The number of ether oxygens (including phenoxy) is 3. The van der Waals surface area contributed by atoms with E-state index in [1.54, 1.807) is 50.4 Å². The molecule has 0 fully saturated rings. The van der Waals surface area contributed by atoms with Gasteiger partial charge in [-0.15, -0.1) is 0 Å². The number of aryl methyl sites for hydroxylation is 1. The van der Waals surface area contributed by atoms with Crippen LogP contribution in [-0.4, -0.2) is 32.1 Å². The lowest BCUT2D eigenvalue weighted by atomic mass is 10.1. The lowest BCUT2D eigenvalue weighted by Crippen LogP contribution is -2.20. The van der Waals surface area contributed by atoms with Crippen molar-refractivity contribution in [1.82, 2.24) is 0 Å². The Labute approximate surface area is 226 Å². The summed E-state index contributed by atoms with van der Waals surface area (Å²) in [5.41, 5.74) is 3.49. The summed E-state index contributed by atoms with van der Waals surface area (Å²) < 4.78 is 16.5. The van der Waals surface area contributed by atoms with E-state index in [0.717, 1.165) is 11.1 Å². The molecule has 0 atom stereocenters. The Morgan fingerprint density at radius 1 is 1.05 bits per heavy atom. The van der Waals surface area contributed by atoms with Crippen LogP contribution in [0.25, 0.3) is 6.08 Å². The van der Waals surface area contributed by atoms with E-state index in [1.165, 1.54) is 12.1 Å². The molecule has 196 valence electrons. The summed E-state index contributed by atoms with van der Waals surface area (Å²) in [5, 5.41) is 15.3. The lowest BCUT2D eigenvalue weighted by molar-refractivity contribution is -0.118. The monoisotopic (exact) mass is 533 g/mol. The minimum atomic E-state index is -0.550. The first kappa shape index (κ1) is 28.1. The number of nitrogens with one attached hydrogen (secondary N) is 2. The van der Waals surface area contributed by atoms with Gasteiger partial charge in [0.1, 0.15) is 17.4 Å². The van der Waals surface area contributed by atoms with Gasteiger partial charge >= 0.3 is 0 Å². The second kappa shape index (κ2) is 13.2. The van der Waals surface area contributed by atoms with Crippen LogP contribution in [-0.2, 0) is 9.59 Å². The molecule has 3 aromatic rings. The van der Waals surface area contributed by atoms with Crippen LogP contribution in [0.4, 0.5) is 11.4 Å². The molecular formula is C29H28ClN3O5. The highest BCUT2D eigenvalue weighted by Gasteiger charge is 2.16. The smallest absolute Gasteiger partial charge is 0.266 e. The summed E-state index contributed by atoms with van der Waals surface area (Å²) >= 11 is 6.46. The fourth-order valence-electron chi connectivity index (χ4n) is 3.47. The van der Waals surface area contributed by atoms with E-state index < -0.39 is 11.8 Å². The average Bonchev–Trinajstić information content (AvgIpc) is 2.90. The zero-order valence-electron chi connectivity index (χ0n) is 21.6. The van der Waals surface area contributed by atoms with Crippen molar-refractivity contribution in [3.63, 3.8) is 0 Å². The van der Waals surface area contributed by atoms with E-state index in [1.807, 2.05) is 32.0 Å². The van der Waals surface area contributed by atoms with Gasteiger partial charge in [0.15, 0.2) is 18.1 Å². The molecule has 0 saturated carbocycles. The van der Waals surface area contributed by atoms with Gasteiger partial charge in [-0.1, -0.05) is 23.7 Å². The Bertz CT molecular complexity index is 1390. The van der Waals surface area contributed by atoms with Crippen LogP contribution in [0.15, 0.2) is 60.2 Å². The normalized spacial score (nSPS) is 10.8. The summed E-state index contributed by atoms with van der Waals surface area (Å²) in [6, 6.07) is 17.5. The number of carbonyl (C=O) groups is 2. The van der Waals surface area contributed by atoms with Gasteiger partial charge < -0.3 is 24.8 Å². The highest BCUT2D eigenvalue weighted by molar-refractivity contribution is 6.32. The molecule has 0 bridgehead atoms. The Balaban J connectivity index is 1.77. The van der Waals surface area contributed by atoms with Crippen LogP contribution in [0.3, 0.4) is 0 Å². The van der Waals surface area contributed by atoms with Crippen molar-refractivity contribution in [2.75, 3.05) is 31.0 Å². The van der Waals surface area contributed by atoms with Gasteiger partial charge in [0.05, 0.1) is 18.7 Å². The first-order chi connectivity index (χ1) is 18.2. The number of methoxy groups -OCH3 is 1. The zero-order chi connectivity index (χ0) is 27.7. The molecular weight excluding hydrogens is 506 g/mol. The molecule has 0 aliphatic heterocycles. The van der Waals surface area contributed by atoms with Crippen molar-refractivity contribution < 1.29 is 23.8 Å². The molecule has 0 unspecified atom stereocenters. The topological polar surface area (TPSA) is 110 Å². The van der Waals surface area contributed by atoms with Gasteiger partial charge in [-0.05, 0) is 86.0 Å². The molecule has 9 heteroatoms. The number of hydrogen-bond acceptors (Lipinski definition) is 6. The average molecular weight is 534 g/mol. The van der Waals surface area contributed by atoms with Gasteiger partial charge in [0.2, 0.25) is 0 Å². The largest absolute Gasteiger partial charge is 0.497 e. The number of carbonyl (C=O) groups excluding carboxylic acids is 2. The molecule has 0 saturated heterocycles. The van der Waals surface area contributed by atoms with Crippen LogP contribution in [0.5, 0.6) is 17.2 Å². The number of hydrogen-bond donors (Lipinski definition) is 2. The highest BCUT2D eigenvalue weighted by Crippen LogP contribution is 2.37. The van der Waals surface area contributed by atoms with Crippen molar-refractivity contribution >= 4 is 40.9 Å². The molecule has 0 radical (unpaired) electrons.